The van der Waals surface area contributed by atoms with Crippen LogP contribution in [0, 0.1) is 15.5 Å². The highest BCUT2D eigenvalue weighted by molar-refractivity contribution is 5.96. The molecule has 3 N–H and O–H groups in total. The van der Waals surface area contributed by atoms with Gasteiger partial charge >= 0.3 is 5.69 Å². The second-order valence-electron chi connectivity index (χ2n) is 5.51. The van der Waals surface area contributed by atoms with Crippen LogP contribution in [0.5, 0.6) is 5.75 Å². The smallest absolute Gasteiger partial charge is 0.312 e. The minimum atomic E-state index is -0.630. The number of ether oxygens (including phenoxy) is 1. The first-order chi connectivity index (χ1) is 9.88. The maximum absolute atomic E-state index is 12.4. The molecule has 2 unspecified atom stereocenters. The van der Waals surface area contributed by atoms with Gasteiger partial charge in [-0.2, -0.15) is 0 Å². The molecule has 1 saturated carbocycles. The van der Waals surface area contributed by atoms with Crippen molar-refractivity contribution in [3.63, 3.8) is 0 Å². The van der Waals surface area contributed by atoms with Gasteiger partial charge < -0.3 is 15.8 Å². The highest BCUT2D eigenvalue weighted by Crippen LogP contribution is 2.38. The lowest BCUT2D eigenvalue weighted by molar-refractivity contribution is -0.385. The van der Waals surface area contributed by atoms with Crippen molar-refractivity contribution in [2.75, 3.05) is 12.4 Å². The predicted molar refractivity (Wildman–Crippen MR) is 78.2 cm³/mol. The molecule has 2 atom stereocenters. The fourth-order valence-corrected chi connectivity index (χ4v) is 2.66. The van der Waals surface area contributed by atoms with E-state index in [0.717, 1.165) is 19.3 Å². The second kappa shape index (κ2) is 5.69. The summed E-state index contributed by atoms with van der Waals surface area (Å²) in [5, 5.41) is 13.7. The van der Waals surface area contributed by atoms with E-state index in [2.05, 4.69) is 5.32 Å². The van der Waals surface area contributed by atoms with Crippen LogP contribution in [0.25, 0.3) is 0 Å². The van der Waals surface area contributed by atoms with E-state index in [1.807, 2.05) is 6.92 Å². The van der Waals surface area contributed by atoms with E-state index in [1.54, 1.807) is 6.07 Å². The number of rotatable bonds is 4. The van der Waals surface area contributed by atoms with Crippen molar-refractivity contribution in [2.24, 2.45) is 11.1 Å². The van der Waals surface area contributed by atoms with Gasteiger partial charge in [0.25, 0.3) is 0 Å². The number of nitro benzene ring substituents is 1. The van der Waals surface area contributed by atoms with Gasteiger partial charge in [-0.3, -0.25) is 14.9 Å². The molecule has 21 heavy (non-hydrogen) atoms. The number of hydrogen-bond donors (Lipinski definition) is 2. The number of anilines is 1. The second-order valence-corrected chi connectivity index (χ2v) is 5.51. The van der Waals surface area contributed by atoms with Crippen LogP contribution in [0.3, 0.4) is 0 Å². The molecule has 0 bridgehead atoms. The topological polar surface area (TPSA) is 107 Å². The zero-order chi connectivity index (χ0) is 15.6. The van der Waals surface area contributed by atoms with E-state index in [-0.39, 0.29) is 23.4 Å². The third kappa shape index (κ3) is 2.82. The maximum Gasteiger partial charge on any atom is 0.312 e. The molecule has 0 saturated heterocycles. The summed E-state index contributed by atoms with van der Waals surface area (Å²) in [4.78, 5) is 22.8. The summed E-state index contributed by atoms with van der Waals surface area (Å²) >= 11 is 0. The fraction of sp³-hybridized carbons (Fsp3) is 0.500. The highest BCUT2D eigenvalue weighted by Gasteiger charge is 2.43. The molecule has 0 aromatic heterocycles. The molecule has 0 heterocycles. The molecule has 0 aliphatic heterocycles. The van der Waals surface area contributed by atoms with Gasteiger partial charge in [-0.1, -0.05) is 6.42 Å². The lowest BCUT2D eigenvalue weighted by atomic mass is 9.84. The first-order valence-electron chi connectivity index (χ1n) is 6.78. The Balaban J connectivity index is 2.22. The zero-order valence-electron chi connectivity index (χ0n) is 12.1. The number of nitrogens with two attached hydrogens (primary N) is 1. The Morgan fingerprint density at radius 1 is 1.57 bits per heavy atom. The Morgan fingerprint density at radius 3 is 2.81 bits per heavy atom. The Morgan fingerprint density at radius 2 is 2.29 bits per heavy atom. The summed E-state index contributed by atoms with van der Waals surface area (Å²) < 4.78 is 4.93. The quantitative estimate of drug-likeness (QED) is 0.652. The number of benzene rings is 1. The van der Waals surface area contributed by atoms with Crippen LogP contribution in [0.15, 0.2) is 18.2 Å². The Hall–Kier alpha value is -2.15. The molecule has 7 nitrogen and oxygen atoms in total. The predicted octanol–water partition coefficient (Wildman–Crippen LogP) is 2.06. The van der Waals surface area contributed by atoms with Crippen molar-refractivity contribution < 1.29 is 14.5 Å². The number of carbonyl (C=O) groups excluding carboxylic acids is 1. The summed E-state index contributed by atoms with van der Waals surface area (Å²) in [6.45, 7) is 1.83. The van der Waals surface area contributed by atoms with Gasteiger partial charge in [-0.15, -0.1) is 0 Å². The maximum atomic E-state index is 12.4. The van der Waals surface area contributed by atoms with Gasteiger partial charge in [0.1, 0.15) is 0 Å². The lowest BCUT2D eigenvalue weighted by Crippen LogP contribution is -2.44. The van der Waals surface area contributed by atoms with E-state index in [0.29, 0.717) is 5.69 Å². The third-order valence-electron chi connectivity index (χ3n) is 4.18. The summed E-state index contributed by atoms with van der Waals surface area (Å²) in [5.74, 6) is -0.0475. The number of hydrogen-bond acceptors (Lipinski definition) is 5. The van der Waals surface area contributed by atoms with Gasteiger partial charge in [0.05, 0.1) is 17.4 Å². The molecule has 7 heteroatoms. The molecular formula is C14H19N3O4. The van der Waals surface area contributed by atoms with Crippen molar-refractivity contribution in [1.82, 2.24) is 0 Å². The number of nitro groups is 1. The Kier molecular flexibility index (Phi) is 4.13. The number of carbonyl (C=O) groups is 1. The molecule has 1 amide bonds. The van der Waals surface area contributed by atoms with Crippen LogP contribution in [0.1, 0.15) is 26.2 Å². The molecule has 1 aliphatic rings. The molecule has 0 radical (unpaired) electrons. The van der Waals surface area contributed by atoms with E-state index in [4.69, 9.17) is 10.5 Å². The van der Waals surface area contributed by atoms with E-state index >= 15 is 0 Å². The number of methoxy groups -OCH3 is 1. The largest absolute Gasteiger partial charge is 0.490 e. The standard InChI is InChI=1S/C14H19N3O4/c1-14(7-3-4-12(14)15)13(18)16-9-5-6-11(21-2)10(8-9)17(19)20/h5-6,8,12H,3-4,7,15H2,1-2H3,(H,16,18). The first-order valence-corrected chi connectivity index (χ1v) is 6.78. The van der Waals surface area contributed by atoms with E-state index < -0.39 is 10.3 Å². The summed E-state index contributed by atoms with van der Waals surface area (Å²) in [6.07, 6.45) is 2.44. The number of nitrogens with zero attached hydrogens (tertiary/aromatic N) is 1. The van der Waals surface area contributed by atoms with Crippen molar-refractivity contribution >= 4 is 17.3 Å². The molecule has 114 valence electrons. The monoisotopic (exact) mass is 293 g/mol. The molecular weight excluding hydrogens is 274 g/mol. The van der Waals surface area contributed by atoms with E-state index in [9.17, 15) is 14.9 Å². The van der Waals surface area contributed by atoms with Crippen molar-refractivity contribution in [2.45, 2.75) is 32.2 Å². The SMILES string of the molecule is COc1ccc(NC(=O)C2(C)CCCC2N)cc1[N+](=O)[O-]. The van der Waals surface area contributed by atoms with Gasteiger partial charge in [0, 0.05) is 17.8 Å². The van der Waals surface area contributed by atoms with Gasteiger partial charge in [-0.05, 0) is 31.9 Å². The van der Waals surface area contributed by atoms with Gasteiger partial charge in [0.2, 0.25) is 5.91 Å². The zero-order valence-corrected chi connectivity index (χ0v) is 12.1. The Labute approximate surface area is 122 Å². The minimum absolute atomic E-state index is 0.154. The van der Waals surface area contributed by atoms with Crippen LogP contribution in [-0.2, 0) is 4.79 Å². The van der Waals surface area contributed by atoms with Crippen LogP contribution < -0.4 is 15.8 Å². The summed E-state index contributed by atoms with van der Waals surface area (Å²) in [5.41, 5.74) is 5.56. The normalized spacial score (nSPS) is 24.6. The fourth-order valence-electron chi connectivity index (χ4n) is 2.66. The van der Waals surface area contributed by atoms with Crippen LogP contribution in [0.2, 0.25) is 0 Å². The average Bonchev–Trinajstić information content (AvgIpc) is 2.79. The summed E-state index contributed by atoms with van der Waals surface area (Å²) in [6, 6.07) is 4.14. The van der Waals surface area contributed by atoms with Gasteiger partial charge in [0.15, 0.2) is 5.75 Å². The lowest BCUT2D eigenvalue weighted by Gasteiger charge is -2.27. The average molecular weight is 293 g/mol. The first kappa shape index (κ1) is 15.2. The summed E-state index contributed by atoms with van der Waals surface area (Å²) in [7, 11) is 1.36. The third-order valence-corrected chi connectivity index (χ3v) is 4.18. The number of nitrogens with one attached hydrogen (secondary N) is 1. The molecule has 1 fully saturated rings. The molecule has 2 rings (SSSR count). The van der Waals surface area contributed by atoms with Crippen LogP contribution >= 0.6 is 0 Å². The minimum Gasteiger partial charge on any atom is -0.490 e. The molecule has 1 aliphatic carbocycles. The van der Waals surface area contributed by atoms with Gasteiger partial charge in [-0.25, -0.2) is 0 Å². The van der Waals surface area contributed by atoms with Crippen molar-refractivity contribution in [3.8, 4) is 5.75 Å². The van der Waals surface area contributed by atoms with Crippen LogP contribution in [-0.4, -0.2) is 24.0 Å². The highest BCUT2D eigenvalue weighted by atomic mass is 16.6. The number of amides is 1. The van der Waals surface area contributed by atoms with Crippen LogP contribution in [0.4, 0.5) is 11.4 Å². The van der Waals surface area contributed by atoms with E-state index in [1.165, 1.54) is 19.2 Å². The van der Waals surface area contributed by atoms with Crippen molar-refractivity contribution in [1.29, 1.82) is 0 Å². The van der Waals surface area contributed by atoms with Crippen molar-refractivity contribution in [3.05, 3.63) is 28.3 Å². The molecule has 1 aromatic carbocycles. The molecule has 0 spiro atoms. The Bertz CT molecular complexity index is 575. The molecule has 1 aromatic rings.